The Morgan fingerprint density at radius 1 is 1.21 bits per heavy atom. The second kappa shape index (κ2) is 9.89. The van der Waals surface area contributed by atoms with Crippen LogP contribution in [0.2, 0.25) is 5.02 Å². The summed E-state index contributed by atoms with van der Waals surface area (Å²) in [7, 11) is 3.01. The first-order chi connectivity index (χ1) is 14.0. The lowest BCUT2D eigenvalue weighted by molar-refractivity contribution is -0.140. The Morgan fingerprint density at radius 2 is 2.03 bits per heavy atom. The predicted molar refractivity (Wildman–Crippen MR) is 117 cm³/mol. The number of aryl methyl sites for hydroxylation is 2. The van der Waals surface area contributed by atoms with E-state index in [4.69, 9.17) is 26.3 Å². The topological polar surface area (TPSA) is 73.3 Å². The molecule has 0 aliphatic rings. The van der Waals surface area contributed by atoms with Gasteiger partial charge >= 0.3 is 5.97 Å². The van der Waals surface area contributed by atoms with Crippen LogP contribution in [-0.4, -0.2) is 30.2 Å². The van der Waals surface area contributed by atoms with Crippen molar-refractivity contribution in [2.45, 2.75) is 39.2 Å². The highest BCUT2D eigenvalue weighted by Crippen LogP contribution is 2.30. The Balaban J connectivity index is 1.73. The number of esters is 1. The smallest absolute Gasteiger partial charge is 0.305 e. The van der Waals surface area contributed by atoms with Crippen molar-refractivity contribution in [2.24, 2.45) is 0 Å². The number of hydrogen-bond donors (Lipinski definition) is 1. The van der Waals surface area contributed by atoms with Gasteiger partial charge < -0.3 is 14.8 Å². The molecular formula is C21H24ClN3O3S. The van der Waals surface area contributed by atoms with E-state index in [1.54, 1.807) is 18.4 Å². The number of aromatic nitrogens is 2. The molecule has 0 aliphatic heterocycles. The zero-order valence-corrected chi connectivity index (χ0v) is 18.3. The van der Waals surface area contributed by atoms with Crippen LogP contribution in [-0.2, 0) is 22.5 Å². The van der Waals surface area contributed by atoms with Crippen molar-refractivity contribution in [1.29, 1.82) is 0 Å². The number of unbranched alkanes of at least 4 members (excludes halogenated alkanes) is 1. The Labute approximate surface area is 179 Å². The summed E-state index contributed by atoms with van der Waals surface area (Å²) in [4.78, 5) is 22.8. The number of carbonyl (C=O) groups excluding carboxylic acids is 1. The van der Waals surface area contributed by atoms with Gasteiger partial charge in [-0.25, -0.2) is 9.97 Å². The molecule has 3 aromatic rings. The average Bonchev–Trinajstić information content (AvgIpc) is 3.09. The molecule has 0 unspecified atom stereocenters. The molecule has 1 aromatic carbocycles. The molecule has 0 fully saturated rings. The van der Waals surface area contributed by atoms with Crippen LogP contribution in [0.5, 0.6) is 5.75 Å². The van der Waals surface area contributed by atoms with Gasteiger partial charge in [-0.3, -0.25) is 4.79 Å². The number of ether oxygens (including phenoxy) is 2. The van der Waals surface area contributed by atoms with Crippen molar-refractivity contribution >= 4 is 44.9 Å². The van der Waals surface area contributed by atoms with E-state index in [0.717, 1.165) is 40.3 Å². The summed E-state index contributed by atoms with van der Waals surface area (Å²) in [5.41, 5.74) is 1.04. The lowest BCUT2D eigenvalue weighted by Crippen LogP contribution is -2.06. The molecule has 0 saturated heterocycles. The fraction of sp³-hybridized carbons (Fsp3) is 0.381. The Kier molecular flexibility index (Phi) is 7.28. The highest BCUT2D eigenvalue weighted by Gasteiger charge is 2.11. The zero-order valence-electron chi connectivity index (χ0n) is 16.8. The van der Waals surface area contributed by atoms with Crippen LogP contribution in [0.3, 0.4) is 0 Å². The third-order valence-electron chi connectivity index (χ3n) is 4.50. The summed E-state index contributed by atoms with van der Waals surface area (Å²) in [6, 6.07) is 7.82. The van der Waals surface area contributed by atoms with Gasteiger partial charge in [0.2, 0.25) is 0 Å². The summed E-state index contributed by atoms with van der Waals surface area (Å²) in [6.07, 6.45) is 2.72. The highest BCUT2D eigenvalue weighted by atomic mass is 35.5. The fourth-order valence-electron chi connectivity index (χ4n) is 2.99. The van der Waals surface area contributed by atoms with Gasteiger partial charge in [0.1, 0.15) is 22.2 Å². The minimum atomic E-state index is -0.184. The molecular weight excluding hydrogens is 410 g/mol. The number of rotatable bonds is 9. The number of nitrogens with zero attached hydrogens (tertiary/aromatic N) is 2. The van der Waals surface area contributed by atoms with Crippen molar-refractivity contribution in [3.8, 4) is 5.75 Å². The summed E-state index contributed by atoms with van der Waals surface area (Å²) in [5.74, 6) is 2.06. The van der Waals surface area contributed by atoms with Gasteiger partial charge in [0, 0.05) is 24.3 Å². The van der Waals surface area contributed by atoms with Gasteiger partial charge in [0.15, 0.2) is 0 Å². The molecule has 0 amide bonds. The largest absolute Gasteiger partial charge is 0.495 e. The number of methoxy groups -OCH3 is 2. The first kappa shape index (κ1) is 21.3. The Hall–Kier alpha value is -2.38. The standard InChI is InChI=1S/C21H24ClN3O3S/c1-13-10-15-20(23-12-14-8-9-17(27-2)16(22)11-14)24-18(25-21(15)29-13)6-4-5-7-19(26)28-3/h8-11H,4-7,12H2,1-3H3,(H,23,24,25). The second-order valence-electron chi connectivity index (χ2n) is 6.67. The summed E-state index contributed by atoms with van der Waals surface area (Å²) < 4.78 is 9.89. The maximum absolute atomic E-state index is 11.3. The SMILES string of the molecule is COC(=O)CCCCc1nc(NCc2ccc(OC)c(Cl)c2)c2cc(C)sc2n1. The third-order valence-corrected chi connectivity index (χ3v) is 5.74. The number of nitrogens with one attached hydrogen (secondary N) is 1. The van der Waals surface area contributed by atoms with Crippen molar-refractivity contribution in [2.75, 3.05) is 19.5 Å². The monoisotopic (exact) mass is 433 g/mol. The molecule has 1 N–H and O–H groups in total. The van der Waals surface area contributed by atoms with Crippen LogP contribution >= 0.6 is 22.9 Å². The minimum absolute atomic E-state index is 0.184. The number of fused-ring (bicyclic) bond motifs is 1. The molecule has 0 saturated carbocycles. The van der Waals surface area contributed by atoms with E-state index < -0.39 is 0 Å². The summed E-state index contributed by atoms with van der Waals surface area (Å²) >= 11 is 7.88. The molecule has 0 spiro atoms. The zero-order chi connectivity index (χ0) is 20.8. The van der Waals surface area contributed by atoms with Crippen LogP contribution in [0, 0.1) is 6.92 Å². The van der Waals surface area contributed by atoms with E-state index in [9.17, 15) is 4.79 Å². The molecule has 2 heterocycles. The highest BCUT2D eigenvalue weighted by molar-refractivity contribution is 7.18. The van der Waals surface area contributed by atoms with Gasteiger partial charge in [-0.1, -0.05) is 17.7 Å². The van der Waals surface area contributed by atoms with Crippen molar-refractivity contribution in [3.05, 3.63) is 45.6 Å². The van der Waals surface area contributed by atoms with E-state index in [-0.39, 0.29) is 5.97 Å². The number of benzene rings is 1. The molecule has 6 nitrogen and oxygen atoms in total. The lowest BCUT2D eigenvalue weighted by atomic mass is 10.2. The van der Waals surface area contributed by atoms with E-state index in [1.807, 2.05) is 18.2 Å². The summed E-state index contributed by atoms with van der Waals surface area (Å²) in [5, 5.41) is 5.02. The van der Waals surface area contributed by atoms with Gasteiger partial charge in [0.25, 0.3) is 0 Å². The predicted octanol–water partition coefficient (Wildman–Crippen LogP) is 5.16. The van der Waals surface area contributed by atoms with Crippen LogP contribution in [0.25, 0.3) is 10.2 Å². The molecule has 0 bridgehead atoms. The number of thiophene rings is 1. The van der Waals surface area contributed by atoms with Gasteiger partial charge in [0.05, 0.1) is 24.6 Å². The van der Waals surface area contributed by atoms with Gasteiger partial charge in [-0.05, 0) is 43.5 Å². The number of hydrogen-bond acceptors (Lipinski definition) is 7. The Morgan fingerprint density at radius 3 is 2.76 bits per heavy atom. The number of halogens is 1. The first-order valence-corrected chi connectivity index (χ1v) is 10.6. The van der Waals surface area contributed by atoms with E-state index in [2.05, 4.69) is 23.0 Å². The van der Waals surface area contributed by atoms with Gasteiger partial charge in [-0.2, -0.15) is 0 Å². The fourth-order valence-corrected chi connectivity index (χ4v) is 4.17. The second-order valence-corrected chi connectivity index (χ2v) is 8.31. The minimum Gasteiger partial charge on any atom is -0.495 e. The van der Waals surface area contributed by atoms with Crippen molar-refractivity contribution in [3.63, 3.8) is 0 Å². The van der Waals surface area contributed by atoms with Crippen LogP contribution in [0.15, 0.2) is 24.3 Å². The van der Waals surface area contributed by atoms with Crippen LogP contribution in [0.1, 0.15) is 35.5 Å². The molecule has 2 aromatic heterocycles. The maximum Gasteiger partial charge on any atom is 0.305 e. The third kappa shape index (κ3) is 5.58. The van der Waals surface area contributed by atoms with Crippen molar-refractivity contribution in [1.82, 2.24) is 9.97 Å². The Bertz CT molecular complexity index is 1010. The van der Waals surface area contributed by atoms with E-state index in [1.165, 1.54) is 12.0 Å². The molecule has 0 radical (unpaired) electrons. The van der Waals surface area contributed by atoms with Crippen LogP contribution in [0.4, 0.5) is 5.82 Å². The number of anilines is 1. The lowest BCUT2D eigenvalue weighted by Gasteiger charge is -2.10. The first-order valence-electron chi connectivity index (χ1n) is 9.40. The quantitative estimate of drug-likeness (QED) is 0.371. The molecule has 0 aliphatic carbocycles. The van der Waals surface area contributed by atoms with E-state index >= 15 is 0 Å². The number of carbonyl (C=O) groups is 1. The molecule has 154 valence electrons. The normalized spacial score (nSPS) is 10.9. The summed E-state index contributed by atoms with van der Waals surface area (Å²) in [6.45, 7) is 2.65. The molecule has 3 rings (SSSR count). The maximum atomic E-state index is 11.3. The molecule has 8 heteroatoms. The molecule has 0 atom stereocenters. The van der Waals surface area contributed by atoms with Crippen molar-refractivity contribution < 1.29 is 14.3 Å². The van der Waals surface area contributed by atoms with Crippen LogP contribution < -0.4 is 10.1 Å². The van der Waals surface area contributed by atoms with Gasteiger partial charge in [-0.15, -0.1) is 11.3 Å². The molecule has 29 heavy (non-hydrogen) atoms. The average molecular weight is 434 g/mol. The van der Waals surface area contributed by atoms with E-state index in [0.29, 0.717) is 30.2 Å².